The van der Waals surface area contributed by atoms with E-state index in [4.69, 9.17) is 0 Å². The van der Waals surface area contributed by atoms with Crippen LogP contribution in [0.3, 0.4) is 0 Å². The van der Waals surface area contributed by atoms with Crippen molar-refractivity contribution in [2.75, 3.05) is 0 Å². The van der Waals surface area contributed by atoms with Crippen LogP contribution in [-0.2, 0) is 26.1 Å². The smallest absolute Gasteiger partial charge is 0.386 e. The van der Waals surface area contributed by atoms with Crippen LogP contribution >= 0.6 is 0 Å². The Hall–Kier alpha value is -1.82. The molecule has 3 nitrogen and oxygen atoms in total. The predicted molar refractivity (Wildman–Crippen MR) is 72.7 cm³/mol. The summed E-state index contributed by atoms with van der Waals surface area (Å²) in [5, 5.41) is 14.5. The fourth-order valence-electron chi connectivity index (χ4n) is 2.19. The molecule has 0 bridgehead atoms. The lowest BCUT2D eigenvalue weighted by molar-refractivity contribution is -0.137. The number of alkyl halides is 3. The second kappa shape index (κ2) is 5.89. The lowest BCUT2D eigenvalue weighted by atomic mass is 10.0. The first-order chi connectivity index (χ1) is 9.81. The van der Waals surface area contributed by atoms with Gasteiger partial charge in [0, 0.05) is 13.5 Å². The van der Waals surface area contributed by atoms with E-state index >= 15 is 0 Å². The van der Waals surface area contributed by atoms with E-state index in [0.29, 0.717) is 11.3 Å². The van der Waals surface area contributed by atoms with E-state index in [2.05, 4.69) is 5.10 Å². The molecule has 1 aromatic carbocycles. The zero-order valence-electron chi connectivity index (χ0n) is 11.9. The second-order valence-corrected chi connectivity index (χ2v) is 4.95. The summed E-state index contributed by atoms with van der Waals surface area (Å²) < 4.78 is 39.0. The Labute approximate surface area is 121 Å². The number of aliphatic hydroxyl groups excluding tert-OH is 1. The van der Waals surface area contributed by atoms with Gasteiger partial charge in [0.1, 0.15) is 0 Å². The van der Waals surface area contributed by atoms with Crippen LogP contribution in [0.2, 0.25) is 0 Å². The molecule has 1 N–H and O–H groups in total. The van der Waals surface area contributed by atoms with Gasteiger partial charge in [0.15, 0.2) is 0 Å². The standard InChI is InChI=1S/C15H17F3N2O/c1-3-12-9-13(20(2)19-12)14(21)8-10-4-6-11(7-5-10)15(16,17)18/h4-7,9,14,21H,3,8H2,1-2H3. The van der Waals surface area contributed by atoms with Crippen molar-refractivity contribution in [2.24, 2.45) is 7.05 Å². The number of aliphatic hydroxyl groups is 1. The van der Waals surface area contributed by atoms with Crippen LogP contribution in [0, 0.1) is 0 Å². The van der Waals surface area contributed by atoms with Gasteiger partial charge in [0.25, 0.3) is 0 Å². The van der Waals surface area contributed by atoms with Crippen molar-refractivity contribution in [3.8, 4) is 0 Å². The minimum absolute atomic E-state index is 0.251. The highest BCUT2D eigenvalue weighted by Gasteiger charge is 2.30. The molecule has 0 spiro atoms. The summed E-state index contributed by atoms with van der Waals surface area (Å²) in [6.07, 6.45) is -4.11. The maximum absolute atomic E-state index is 12.5. The maximum Gasteiger partial charge on any atom is 0.416 e. The summed E-state index contributed by atoms with van der Waals surface area (Å²) in [6, 6.07) is 6.66. The summed E-state index contributed by atoms with van der Waals surface area (Å²) in [4.78, 5) is 0. The van der Waals surface area contributed by atoms with Crippen LogP contribution < -0.4 is 0 Å². The van der Waals surface area contributed by atoms with Crippen LogP contribution in [0.4, 0.5) is 13.2 Å². The van der Waals surface area contributed by atoms with E-state index in [1.165, 1.54) is 12.1 Å². The average molecular weight is 298 g/mol. The van der Waals surface area contributed by atoms with Crippen molar-refractivity contribution in [3.05, 3.63) is 52.8 Å². The van der Waals surface area contributed by atoms with Gasteiger partial charge in [-0.2, -0.15) is 18.3 Å². The van der Waals surface area contributed by atoms with Crippen molar-refractivity contribution in [2.45, 2.75) is 32.0 Å². The van der Waals surface area contributed by atoms with E-state index in [9.17, 15) is 18.3 Å². The molecule has 0 aliphatic rings. The third-order valence-corrected chi connectivity index (χ3v) is 3.38. The minimum Gasteiger partial charge on any atom is -0.386 e. The molecule has 0 fully saturated rings. The molecule has 1 unspecified atom stereocenters. The summed E-state index contributed by atoms with van der Waals surface area (Å²) >= 11 is 0. The number of aryl methyl sites for hydroxylation is 2. The highest BCUT2D eigenvalue weighted by atomic mass is 19.4. The van der Waals surface area contributed by atoms with Gasteiger partial charge in [0.2, 0.25) is 0 Å². The number of aromatic nitrogens is 2. The van der Waals surface area contributed by atoms with Crippen LogP contribution in [-0.4, -0.2) is 14.9 Å². The summed E-state index contributed by atoms with van der Waals surface area (Å²) in [5.74, 6) is 0. The molecule has 0 radical (unpaired) electrons. The van der Waals surface area contributed by atoms with Gasteiger partial charge >= 0.3 is 6.18 Å². The fraction of sp³-hybridized carbons (Fsp3) is 0.400. The molecule has 0 saturated carbocycles. The molecule has 6 heteroatoms. The van der Waals surface area contributed by atoms with E-state index in [0.717, 1.165) is 24.2 Å². The van der Waals surface area contributed by atoms with Gasteiger partial charge in [-0.05, 0) is 30.2 Å². The molecule has 21 heavy (non-hydrogen) atoms. The Kier molecular flexibility index (Phi) is 4.37. The maximum atomic E-state index is 12.5. The van der Waals surface area contributed by atoms with Gasteiger partial charge in [-0.3, -0.25) is 4.68 Å². The van der Waals surface area contributed by atoms with Crippen LogP contribution in [0.15, 0.2) is 30.3 Å². The van der Waals surface area contributed by atoms with Gasteiger partial charge < -0.3 is 5.11 Å². The Morgan fingerprint density at radius 2 is 1.86 bits per heavy atom. The Bertz CT molecular complexity index is 602. The van der Waals surface area contributed by atoms with Crippen LogP contribution in [0.5, 0.6) is 0 Å². The van der Waals surface area contributed by atoms with Crippen LogP contribution in [0.1, 0.15) is 35.5 Å². The third kappa shape index (κ3) is 3.64. The first-order valence-electron chi connectivity index (χ1n) is 6.68. The second-order valence-electron chi connectivity index (χ2n) is 4.95. The van der Waals surface area contributed by atoms with Crippen molar-refractivity contribution in [1.29, 1.82) is 0 Å². The molecule has 1 aromatic heterocycles. The zero-order valence-corrected chi connectivity index (χ0v) is 11.9. The lowest BCUT2D eigenvalue weighted by Crippen LogP contribution is -2.09. The van der Waals surface area contributed by atoms with E-state index in [-0.39, 0.29) is 6.42 Å². The fourth-order valence-corrected chi connectivity index (χ4v) is 2.19. The van der Waals surface area contributed by atoms with Crippen molar-refractivity contribution >= 4 is 0 Å². The van der Waals surface area contributed by atoms with Gasteiger partial charge in [0.05, 0.1) is 23.1 Å². The summed E-state index contributed by atoms with van der Waals surface area (Å²) in [6.45, 7) is 1.97. The quantitative estimate of drug-likeness (QED) is 0.940. The van der Waals surface area contributed by atoms with Crippen molar-refractivity contribution in [3.63, 3.8) is 0 Å². The highest BCUT2D eigenvalue weighted by Crippen LogP contribution is 2.29. The van der Waals surface area contributed by atoms with Crippen LogP contribution in [0.25, 0.3) is 0 Å². The molecule has 114 valence electrons. The normalized spacial score (nSPS) is 13.4. The zero-order chi connectivity index (χ0) is 15.6. The molecule has 2 aromatic rings. The Morgan fingerprint density at radius 3 is 2.33 bits per heavy atom. The van der Waals surface area contributed by atoms with E-state index in [1.54, 1.807) is 11.7 Å². The molecule has 0 amide bonds. The van der Waals surface area contributed by atoms with E-state index in [1.807, 2.05) is 13.0 Å². The number of halogens is 3. The first-order valence-corrected chi connectivity index (χ1v) is 6.68. The van der Waals surface area contributed by atoms with Gasteiger partial charge in [-0.15, -0.1) is 0 Å². The Morgan fingerprint density at radius 1 is 1.24 bits per heavy atom. The van der Waals surface area contributed by atoms with Gasteiger partial charge in [-0.1, -0.05) is 19.1 Å². The van der Waals surface area contributed by atoms with E-state index < -0.39 is 17.8 Å². The minimum atomic E-state index is -4.34. The molecule has 0 aliphatic heterocycles. The highest BCUT2D eigenvalue weighted by molar-refractivity contribution is 5.26. The summed E-state index contributed by atoms with van der Waals surface area (Å²) in [7, 11) is 1.74. The molecule has 1 heterocycles. The average Bonchev–Trinajstić information content (AvgIpc) is 2.80. The monoisotopic (exact) mass is 298 g/mol. The number of rotatable bonds is 4. The SMILES string of the molecule is CCc1cc(C(O)Cc2ccc(C(F)(F)F)cc2)n(C)n1. The van der Waals surface area contributed by atoms with Crippen molar-refractivity contribution < 1.29 is 18.3 Å². The molecule has 2 rings (SSSR count). The third-order valence-electron chi connectivity index (χ3n) is 3.38. The molecule has 0 saturated heterocycles. The lowest BCUT2D eigenvalue weighted by Gasteiger charge is -2.12. The largest absolute Gasteiger partial charge is 0.416 e. The number of hydrogen-bond acceptors (Lipinski definition) is 2. The predicted octanol–water partition coefficient (Wildman–Crippen LogP) is 3.28. The molecular formula is C15H17F3N2O. The molecule has 0 aliphatic carbocycles. The van der Waals surface area contributed by atoms with Crippen molar-refractivity contribution in [1.82, 2.24) is 9.78 Å². The number of nitrogens with zero attached hydrogens (tertiary/aromatic N) is 2. The number of benzene rings is 1. The molecule has 1 atom stereocenters. The topological polar surface area (TPSA) is 38.0 Å². The Balaban J connectivity index is 2.12. The number of hydrogen-bond donors (Lipinski definition) is 1. The van der Waals surface area contributed by atoms with Gasteiger partial charge in [-0.25, -0.2) is 0 Å². The molecular weight excluding hydrogens is 281 g/mol. The first kappa shape index (κ1) is 15.6. The summed E-state index contributed by atoms with van der Waals surface area (Å²) in [5.41, 5.74) is 1.50.